The van der Waals surface area contributed by atoms with E-state index in [1.807, 2.05) is 0 Å². The zero-order chi connectivity index (χ0) is 18.7. The maximum absolute atomic E-state index is 14.5. The van der Waals surface area contributed by atoms with Crippen molar-refractivity contribution in [2.75, 3.05) is 0 Å². The highest BCUT2D eigenvalue weighted by Crippen LogP contribution is 2.39. The Morgan fingerprint density at radius 3 is 2.27 bits per heavy atom. The van der Waals surface area contributed by atoms with E-state index in [1.165, 1.54) is 31.4 Å². The summed E-state index contributed by atoms with van der Waals surface area (Å²) >= 11 is 0. The summed E-state index contributed by atoms with van der Waals surface area (Å²) in [5.74, 6) is -3.62. The molecule has 0 spiro atoms. The third-order valence-corrected chi connectivity index (χ3v) is 5.45. The molecule has 1 saturated carbocycles. The summed E-state index contributed by atoms with van der Waals surface area (Å²) in [6.07, 6.45) is 8.07. The van der Waals surface area contributed by atoms with Gasteiger partial charge in [-0.25, -0.2) is 8.78 Å². The summed E-state index contributed by atoms with van der Waals surface area (Å²) in [6.45, 7) is 2.20. The van der Waals surface area contributed by atoms with Crippen molar-refractivity contribution in [1.82, 2.24) is 4.98 Å². The molecular formula is C21H23F4N. The maximum atomic E-state index is 14.5. The first kappa shape index (κ1) is 18.9. The summed E-state index contributed by atoms with van der Waals surface area (Å²) < 4.78 is 54.7. The minimum absolute atomic E-state index is 0.103. The molecule has 1 aliphatic carbocycles. The van der Waals surface area contributed by atoms with Crippen LogP contribution in [0.3, 0.4) is 0 Å². The van der Waals surface area contributed by atoms with Crippen molar-refractivity contribution in [2.24, 2.45) is 5.92 Å². The van der Waals surface area contributed by atoms with Gasteiger partial charge in [0, 0.05) is 11.1 Å². The van der Waals surface area contributed by atoms with Gasteiger partial charge in [0.05, 0.1) is 0 Å². The van der Waals surface area contributed by atoms with Crippen molar-refractivity contribution in [3.8, 4) is 11.1 Å². The van der Waals surface area contributed by atoms with Crippen LogP contribution < -0.4 is 0 Å². The summed E-state index contributed by atoms with van der Waals surface area (Å²) in [6, 6.07) is 5.24. The summed E-state index contributed by atoms with van der Waals surface area (Å²) in [5.41, 5.74) is 0.418. The molecule has 0 N–H and O–H groups in total. The van der Waals surface area contributed by atoms with Crippen molar-refractivity contribution >= 4 is 0 Å². The van der Waals surface area contributed by atoms with Gasteiger partial charge in [0.2, 0.25) is 5.95 Å². The van der Waals surface area contributed by atoms with E-state index in [2.05, 4.69) is 11.9 Å². The number of aromatic nitrogens is 1. The highest BCUT2D eigenvalue weighted by atomic mass is 19.2. The molecule has 1 aromatic carbocycles. The zero-order valence-corrected chi connectivity index (χ0v) is 14.9. The van der Waals surface area contributed by atoms with Gasteiger partial charge in [-0.2, -0.15) is 13.8 Å². The average molecular weight is 365 g/mol. The lowest BCUT2D eigenvalue weighted by Gasteiger charge is -2.29. The standard InChI is InChI=1S/C21H23F4N/c1-2-3-4-13-5-7-14(8-6-13)15-9-10-16(18(22)11-15)17-12-19(23)21(25)26-20(17)24/h9-14H,2-8H2,1H3/t13-,14-. The third kappa shape index (κ3) is 4.08. The number of rotatable bonds is 5. The van der Waals surface area contributed by atoms with Crippen LogP contribution in [-0.4, -0.2) is 4.98 Å². The predicted molar refractivity (Wildman–Crippen MR) is 93.7 cm³/mol. The molecule has 0 atom stereocenters. The van der Waals surface area contributed by atoms with Crippen LogP contribution in [0.2, 0.25) is 0 Å². The fraction of sp³-hybridized carbons (Fsp3) is 0.476. The van der Waals surface area contributed by atoms with Crippen LogP contribution in [0.1, 0.15) is 63.4 Å². The monoisotopic (exact) mass is 365 g/mol. The van der Waals surface area contributed by atoms with E-state index < -0.39 is 23.5 Å². The fourth-order valence-corrected chi connectivity index (χ4v) is 3.92. The van der Waals surface area contributed by atoms with Crippen LogP contribution in [0.15, 0.2) is 24.3 Å². The molecule has 26 heavy (non-hydrogen) atoms. The van der Waals surface area contributed by atoms with Gasteiger partial charge < -0.3 is 0 Å². The highest BCUT2D eigenvalue weighted by molar-refractivity contribution is 5.64. The Balaban J connectivity index is 1.76. The van der Waals surface area contributed by atoms with Crippen molar-refractivity contribution in [1.29, 1.82) is 0 Å². The van der Waals surface area contributed by atoms with Gasteiger partial charge in [0.15, 0.2) is 5.82 Å². The van der Waals surface area contributed by atoms with Crippen LogP contribution in [0.25, 0.3) is 11.1 Å². The first-order chi connectivity index (χ1) is 12.5. The number of hydrogen-bond acceptors (Lipinski definition) is 1. The molecule has 1 aromatic heterocycles. The third-order valence-electron chi connectivity index (χ3n) is 5.45. The largest absolute Gasteiger partial charge is 0.251 e. The average Bonchev–Trinajstić information content (AvgIpc) is 2.64. The lowest BCUT2D eigenvalue weighted by molar-refractivity contribution is 0.304. The van der Waals surface area contributed by atoms with Gasteiger partial charge in [-0.15, -0.1) is 0 Å². The van der Waals surface area contributed by atoms with Gasteiger partial charge in [0.1, 0.15) is 5.82 Å². The second-order valence-corrected chi connectivity index (χ2v) is 7.20. The number of unbranched alkanes of at least 4 members (excludes halogenated alkanes) is 1. The van der Waals surface area contributed by atoms with Gasteiger partial charge in [0.25, 0.3) is 5.95 Å². The second kappa shape index (κ2) is 8.19. The molecule has 1 fully saturated rings. The summed E-state index contributed by atoms with van der Waals surface area (Å²) in [4.78, 5) is 2.86. The van der Waals surface area contributed by atoms with E-state index in [1.54, 1.807) is 6.07 Å². The normalized spacial score (nSPS) is 20.3. The summed E-state index contributed by atoms with van der Waals surface area (Å²) in [5, 5.41) is 0. The number of halogens is 4. The molecule has 0 unspecified atom stereocenters. The molecule has 0 radical (unpaired) electrons. The maximum Gasteiger partial charge on any atom is 0.251 e. The molecule has 140 valence electrons. The Bertz CT molecular complexity index is 767. The molecule has 0 saturated heterocycles. The number of nitrogens with zero attached hydrogens (tertiary/aromatic N) is 1. The van der Waals surface area contributed by atoms with Gasteiger partial charge in [-0.1, -0.05) is 38.3 Å². The van der Waals surface area contributed by atoms with Crippen molar-refractivity contribution in [3.05, 3.63) is 53.4 Å². The van der Waals surface area contributed by atoms with E-state index in [0.717, 1.165) is 37.2 Å². The first-order valence-electron chi connectivity index (χ1n) is 9.31. The Morgan fingerprint density at radius 2 is 1.62 bits per heavy atom. The molecule has 1 aliphatic rings. The molecular weight excluding hydrogens is 342 g/mol. The topological polar surface area (TPSA) is 12.9 Å². The molecule has 1 nitrogen and oxygen atoms in total. The number of hydrogen-bond donors (Lipinski definition) is 0. The van der Waals surface area contributed by atoms with E-state index >= 15 is 0 Å². The molecule has 0 amide bonds. The molecule has 0 bridgehead atoms. The second-order valence-electron chi connectivity index (χ2n) is 7.20. The van der Waals surface area contributed by atoms with Crippen LogP contribution in [0.4, 0.5) is 17.6 Å². The molecule has 0 aliphatic heterocycles. The van der Waals surface area contributed by atoms with Crippen molar-refractivity contribution in [3.63, 3.8) is 0 Å². The fourth-order valence-electron chi connectivity index (χ4n) is 3.92. The van der Waals surface area contributed by atoms with E-state index in [0.29, 0.717) is 12.0 Å². The van der Waals surface area contributed by atoms with Crippen LogP contribution in [-0.2, 0) is 0 Å². The molecule has 1 heterocycles. The Kier molecular flexibility index (Phi) is 5.94. The smallest absolute Gasteiger partial charge is 0.206 e. The van der Waals surface area contributed by atoms with Crippen molar-refractivity contribution < 1.29 is 17.6 Å². The summed E-state index contributed by atoms with van der Waals surface area (Å²) in [7, 11) is 0. The van der Waals surface area contributed by atoms with E-state index in [9.17, 15) is 17.6 Å². The Morgan fingerprint density at radius 1 is 0.885 bits per heavy atom. The van der Waals surface area contributed by atoms with Gasteiger partial charge in [-0.05, 0) is 55.2 Å². The Labute approximate surface area is 151 Å². The lowest BCUT2D eigenvalue weighted by Crippen LogP contribution is -2.13. The van der Waals surface area contributed by atoms with Gasteiger partial charge >= 0.3 is 0 Å². The molecule has 5 heteroatoms. The van der Waals surface area contributed by atoms with Crippen molar-refractivity contribution in [2.45, 2.75) is 57.8 Å². The zero-order valence-electron chi connectivity index (χ0n) is 14.9. The van der Waals surface area contributed by atoms with Gasteiger partial charge in [-0.3, -0.25) is 0 Å². The quantitative estimate of drug-likeness (QED) is 0.421. The molecule has 3 rings (SSSR count). The highest BCUT2D eigenvalue weighted by Gasteiger charge is 2.23. The number of pyridine rings is 1. The van der Waals surface area contributed by atoms with Crippen LogP contribution in [0.5, 0.6) is 0 Å². The molecule has 2 aromatic rings. The first-order valence-corrected chi connectivity index (χ1v) is 9.31. The van der Waals surface area contributed by atoms with Crippen LogP contribution in [0, 0.1) is 29.4 Å². The van der Waals surface area contributed by atoms with E-state index in [4.69, 9.17) is 0 Å². The minimum atomic E-state index is -1.52. The Hall–Kier alpha value is -1.91. The minimum Gasteiger partial charge on any atom is -0.206 e. The number of benzene rings is 1. The predicted octanol–water partition coefficient (Wildman–Crippen LogP) is 6.77. The van der Waals surface area contributed by atoms with E-state index in [-0.39, 0.29) is 11.1 Å². The lowest BCUT2D eigenvalue weighted by atomic mass is 9.77. The SMILES string of the molecule is CCCC[C@H]1CC[C@H](c2ccc(-c3cc(F)c(F)nc3F)c(F)c2)CC1. The van der Waals surface area contributed by atoms with Crippen LogP contribution >= 0.6 is 0 Å².